The number of aryl methyl sites for hydroxylation is 1. The second kappa shape index (κ2) is 6.87. The number of carbonyl (C=O) groups is 1. The fraction of sp³-hybridized carbons (Fsp3) is 0.789. The lowest BCUT2D eigenvalue weighted by Gasteiger charge is -2.44. The third kappa shape index (κ3) is 3.66. The van der Waals surface area contributed by atoms with Gasteiger partial charge in [0.15, 0.2) is 0 Å². The summed E-state index contributed by atoms with van der Waals surface area (Å²) in [6.45, 7) is 9.64. The predicted octanol–water partition coefficient (Wildman–Crippen LogP) is 2.71. The van der Waals surface area contributed by atoms with Crippen LogP contribution in [-0.4, -0.2) is 46.3 Å². The van der Waals surface area contributed by atoms with Gasteiger partial charge in [0.2, 0.25) is 0 Å². The van der Waals surface area contributed by atoms with Crippen molar-refractivity contribution in [2.75, 3.05) is 19.6 Å². The van der Waals surface area contributed by atoms with Crippen LogP contribution in [-0.2, 0) is 12.5 Å². The van der Waals surface area contributed by atoms with E-state index in [0.29, 0.717) is 17.7 Å². The summed E-state index contributed by atoms with van der Waals surface area (Å²) in [7, 11) is 1.85. The molecule has 2 saturated heterocycles. The van der Waals surface area contributed by atoms with Gasteiger partial charge >= 0.3 is 0 Å². The van der Waals surface area contributed by atoms with Crippen LogP contribution in [0.25, 0.3) is 0 Å². The molecule has 1 N–H and O–H groups in total. The topological polar surface area (TPSA) is 50.2 Å². The normalized spacial score (nSPS) is 25.3. The van der Waals surface area contributed by atoms with Gasteiger partial charge < -0.3 is 10.2 Å². The van der Waals surface area contributed by atoms with E-state index in [2.05, 4.69) is 36.1 Å². The number of nitrogens with one attached hydrogen (secondary N) is 1. The highest BCUT2D eigenvalue weighted by atomic mass is 16.2. The average molecular weight is 332 g/mol. The molecule has 1 aromatic heterocycles. The van der Waals surface area contributed by atoms with Crippen molar-refractivity contribution >= 4 is 5.91 Å². The molecule has 0 unspecified atom stereocenters. The average Bonchev–Trinajstić information content (AvgIpc) is 2.95. The summed E-state index contributed by atoms with van der Waals surface area (Å²) in [5.41, 5.74) is 1.59. The fourth-order valence-electron chi connectivity index (χ4n) is 4.18. The quantitative estimate of drug-likeness (QED) is 0.926. The van der Waals surface area contributed by atoms with E-state index >= 15 is 0 Å². The highest BCUT2D eigenvalue weighted by molar-refractivity contribution is 5.92. The van der Waals surface area contributed by atoms with Crippen molar-refractivity contribution in [1.82, 2.24) is 20.0 Å². The summed E-state index contributed by atoms with van der Waals surface area (Å²) in [5.74, 6) is 0.603. The molecule has 2 atom stereocenters. The minimum Gasteiger partial charge on any atom is -0.350 e. The first-order valence-corrected chi connectivity index (χ1v) is 9.43. The van der Waals surface area contributed by atoms with Gasteiger partial charge in [-0.1, -0.05) is 27.2 Å². The minimum atomic E-state index is -0.0394. The monoisotopic (exact) mass is 332 g/mol. The highest BCUT2D eigenvalue weighted by Crippen LogP contribution is 2.30. The molecule has 5 nitrogen and oxygen atoms in total. The van der Waals surface area contributed by atoms with Crippen molar-refractivity contribution in [2.45, 2.75) is 64.3 Å². The van der Waals surface area contributed by atoms with Crippen LogP contribution in [0.4, 0.5) is 0 Å². The minimum absolute atomic E-state index is 0.00781. The third-order valence-corrected chi connectivity index (χ3v) is 5.63. The Kier molecular flexibility index (Phi) is 5.00. The van der Waals surface area contributed by atoms with Gasteiger partial charge in [0.25, 0.3) is 5.91 Å². The lowest BCUT2D eigenvalue weighted by molar-refractivity contribution is 0.0574. The first-order chi connectivity index (χ1) is 11.4. The lowest BCUT2D eigenvalue weighted by atomic mass is 9.83. The van der Waals surface area contributed by atoms with Gasteiger partial charge in [0.1, 0.15) is 5.69 Å². The van der Waals surface area contributed by atoms with Crippen molar-refractivity contribution in [3.63, 3.8) is 0 Å². The van der Waals surface area contributed by atoms with Crippen molar-refractivity contribution in [2.24, 2.45) is 13.0 Å². The number of nitrogens with zero attached hydrogens (tertiary/aromatic N) is 3. The van der Waals surface area contributed by atoms with E-state index in [1.165, 1.54) is 45.2 Å². The van der Waals surface area contributed by atoms with Crippen molar-refractivity contribution < 1.29 is 4.79 Å². The van der Waals surface area contributed by atoms with Crippen LogP contribution >= 0.6 is 0 Å². The van der Waals surface area contributed by atoms with Crippen LogP contribution in [0, 0.1) is 5.92 Å². The molecule has 2 fully saturated rings. The molecule has 0 saturated carbocycles. The van der Waals surface area contributed by atoms with E-state index < -0.39 is 0 Å². The van der Waals surface area contributed by atoms with E-state index in [0.717, 1.165) is 12.2 Å². The SMILES string of the molecule is Cn1nc(C(C)(C)C)cc1C(=O)NC[C@@H]1CCCN2CCCC[C@H]12. The molecule has 134 valence electrons. The first kappa shape index (κ1) is 17.5. The van der Waals surface area contributed by atoms with Gasteiger partial charge in [-0.05, 0) is 50.8 Å². The second-order valence-electron chi connectivity index (χ2n) is 8.50. The molecule has 5 heteroatoms. The number of amides is 1. The summed E-state index contributed by atoms with van der Waals surface area (Å²) < 4.78 is 1.71. The molecular weight excluding hydrogens is 300 g/mol. The Bertz CT molecular complexity index is 585. The maximum Gasteiger partial charge on any atom is 0.269 e. The zero-order chi connectivity index (χ0) is 17.3. The molecule has 3 rings (SSSR count). The van der Waals surface area contributed by atoms with E-state index in [9.17, 15) is 4.79 Å². The lowest BCUT2D eigenvalue weighted by Crippen LogP contribution is -2.51. The molecule has 0 bridgehead atoms. The number of hydrogen-bond acceptors (Lipinski definition) is 3. The Hall–Kier alpha value is -1.36. The number of carbonyl (C=O) groups excluding carboxylic acids is 1. The van der Waals surface area contributed by atoms with E-state index in [-0.39, 0.29) is 11.3 Å². The molecule has 0 radical (unpaired) electrons. The zero-order valence-electron chi connectivity index (χ0n) is 15.6. The van der Waals surface area contributed by atoms with Crippen LogP contribution in [0.15, 0.2) is 6.07 Å². The molecule has 0 aromatic carbocycles. The smallest absolute Gasteiger partial charge is 0.269 e. The Morgan fingerprint density at radius 2 is 2.00 bits per heavy atom. The third-order valence-electron chi connectivity index (χ3n) is 5.63. The van der Waals surface area contributed by atoms with E-state index in [1.807, 2.05) is 13.1 Å². The van der Waals surface area contributed by atoms with Gasteiger partial charge in [-0.15, -0.1) is 0 Å². The van der Waals surface area contributed by atoms with Gasteiger partial charge in [-0.25, -0.2) is 0 Å². The highest BCUT2D eigenvalue weighted by Gasteiger charge is 2.33. The number of rotatable bonds is 3. The van der Waals surface area contributed by atoms with Gasteiger partial charge in [-0.2, -0.15) is 5.10 Å². The molecule has 3 heterocycles. The maximum atomic E-state index is 12.6. The van der Waals surface area contributed by atoms with Crippen LogP contribution in [0.1, 0.15) is 69.1 Å². The predicted molar refractivity (Wildman–Crippen MR) is 96.2 cm³/mol. The summed E-state index contributed by atoms with van der Waals surface area (Å²) in [6.07, 6.45) is 6.46. The van der Waals surface area contributed by atoms with Crippen LogP contribution in [0.5, 0.6) is 0 Å². The largest absolute Gasteiger partial charge is 0.350 e. The first-order valence-electron chi connectivity index (χ1n) is 9.43. The van der Waals surface area contributed by atoms with Gasteiger partial charge in [-0.3, -0.25) is 9.48 Å². The fourth-order valence-corrected chi connectivity index (χ4v) is 4.18. The molecule has 2 aliphatic heterocycles. The van der Waals surface area contributed by atoms with Crippen LogP contribution in [0.2, 0.25) is 0 Å². The maximum absolute atomic E-state index is 12.6. The molecule has 1 amide bonds. The number of hydrogen-bond donors (Lipinski definition) is 1. The van der Waals surface area contributed by atoms with E-state index in [4.69, 9.17) is 0 Å². The van der Waals surface area contributed by atoms with Crippen molar-refractivity contribution in [3.8, 4) is 0 Å². The summed E-state index contributed by atoms with van der Waals surface area (Å²) >= 11 is 0. The summed E-state index contributed by atoms with van der Waals surface area (Å²) in [5, 5.41) is 7.69. The van der Waals surface area contributed by atoms with Crippen LogP contribution < -0.4 is 5.32 Å². The molecule has 0 aliphatic carbocycles. The van der Waals surface area contributed by atoms with Crippen LogP contribution in [0.3, 0.4) is 0 Å². The zero-order valence-corrected chi connectivity index (χ0v) is 15.6. The number of piperidine rings is 2. The molecular formula is C19H32N4O. The Morgan fingerprint density at radius 1 is 1.25 bits per heavy atom. The second-order valence-corrected chi connectivity index (χ2v) is 8.50. The number of aromatic nitrogens is 2. The molecule has 1 aromatic rings. The molecule has 0 spiro atoms. The van der Waals surface area contributed by atoms with Crippen molar-refractivity contribution in [1.29, 1.82) is 0 Å². The Balaban J connectivity index is 1.62. The summed E-state index contributed by atoms with van der Waals surface area (Å²) in [6, 6.07) is 2.60. The number of fused-ring (bicyclic) bond motifs is 1. The standard InChI is InChI=1S/C19H32N4O/c1-19(2,3)17-12-16(22(4)21-17)18(24)20-13-14-8-7-11-23-10-6-5-9-15(14)23/h12,14-15H,5-11,13H2,1-4H3,(H,20,24)/t14-,15+/m0/s1. The van der Waals surface area contributed by atoms with Gasteiger partial charge in [0, 0.05) is 25.0 Å². The van der Waals surface area contributed by atoms with Crippen molar-refractivity contribution in [3.05, 3.63) is 17.5 Å². The Morgan fingerprint density at radius 3 is 2.71 bits per heavy atom. The molecule has 2 aliphatic rings. The molecule has 24 heavy (non-hydrogen) atoms. The Labute approximate surface area is 145 Å². The van der Waals surface area contributed by atoms with Gasteiger partial charge in [0.05, 0.1) is 5.69 Å². The van der Waals surface area contributed by atoms with E-state index in [1.54, 1.807) is 4.68 Å². The summed E-state index contributed by atoms with van der Waals surface area (Å²) in [4.78, 5) is 15.3.